The molecule has 1 atom stereocenters. The second kappa shape index (κ2) is 4.73. The van der Waals surface area contributed by atoms with Crippen molar-refractivity contribution in [3.8, 4) is 12.3 Å². The van der Waals surface area contributed by atoms with E-state index in [-0.39, 0.29) is 6.04 Å². The molecule has 74 valence electrons. The van der Waals surface area contributed by atoms with E-state index in [1.165, 1.54) is 0 Å². The molecule has 4 heteroatoms. The average Bonchev–Trinajstić information content (AvgIpc) is 1.97. The monoisotopic (exact) mass is 184 g/mol. The quantitative estimate of drug-likeness (QED) is 0.498. The Kier molecular flexibility index (Phi) is 4.29. The number of carbonyl (C=O) groups excluding carboxylic acids is 1. The van der Waals surface area contributed by atoms with Crippen molar-refractivity contribution in [3.05, 3.63) is 0 Å². The van der Waals surface area contributed by atoms with E-state index < -0.39 is 11.7 Å². The van der Waals surface area contributed by atoms with E-state index in [9.17, 15) is 4.79 Å². The van der Waals surface area contributed by atoms with Gasteiger partial charge in [-0.3, -0.25) is 5.43 Å². The fourth-order valence-corrected chi connectivity index (χ4v) is 0.512. The Bertz CT molecular complexity index is 213. The Hall–Kier alpha value is -1.21. The van der Waals surface area contributed by atoms with Crippen LogP contribution in [0.4, 0.5) is 4.79 Å². The topological polar surface area (TPSA) is 50.4 Å². The first kappa shape index (κ1) is 11.8. The van der Waals surface area contributed by atoms with Gasteiger partial charge in [-0.2, -0.15) is 0 Å². The van der Waals surface area contributed by atoms with Crippen molar-refractivity contribution in [2.24, 2.45) is 0 Å². The molecule has 0 aliphatic heterocycles. The van der Waals surface area contributed by atoms with Crippen LogP contribution >= 0.6 is 0 Å². The molecule has 1 amide bonds. The summed E-state index contributed by atoms with van der Waals surface area (Å²) in [7, 11) is 0. The molecule has 0 aromatic rings. The molecule has 0 rings (SSSR count). The largest absolute Gasteiger partial charge is 0.443 e. The van der Waals surface area contributed by atoms with E-state index in [0.717, 1.165) is 0 Å². The van der Waals surface area contributed by atoms with Crippen LogP contribution in [0.2, 0.25) is 0 Å². The van der Waals surface area contributed by atoms with E-state index in [1.54, 1.807) is 27.7 Å². The van der Waals surface area contributed by atoms with Crippen LogP contribution in [0.25, 0.3) is 0 Å². The Morgan fingerprint density at radius 3 is 2.46 bits per heavy atom. The molecule has 0 saturated carbocycles. The van der Waals surface area contributed by atoms with Gasteiger partial charge in [0, 0.05) is 0 Å². The fourth-order valence-electron chi connectivity index (χ4n) is 0.512. The van der Waals surface area contributed by atoms with Crippen LogP contribution in [0.5, 0.6) is 0 Å². The molecule has 2 N–H and O–H groups in total. The van der Waals surface area contributed by atoms with Gasteiger partial charge in [0.05, 0.1) is 6.04 Å². The Morgan fingerprint density at radius 2 is 2.08 bits per heavy atom. The fraction of sp³-hybridized carbons (Fsp3) is 0.667. The molecule has 0 spiro atoms. The van der Waals surface area contributed by atoms with Crippen LogP contribution in [-0.2, 0) is 4.74 Å². The van der Waals surface area contributed by atoms with Crippen molar-refractivity contribution >= 4 is 6.09 Å². The lowest BCUT2D eigenvalue weighted by atomic mass is 10.2. The highest BCUT2D eigenvalue weighted by atomic mass is 16.6. The minimum atomic E-state index is -0.533. The second-order valence-electron chi connectivity index (χ2n) is 3.66. The standard InChI is InChI=1S/C9H16N2O2/c1-6-7(2)10-11-8(12)13-9(3,4)5/h1,7,10H,2-5H3,(H,11,12). The lowest BCUT2D eigenvalue weighted by Crippen LogP contribution is -2.44. The Balaban J connectivity index is 3.72. The van der Waals surface area contributed by atoms with Crippen LogP contribution in [0.3, 0.4) is 0 Å². The number of hydrogen-bond donors (Lipinski definition) is 2. The smallest absolute Gasteiger partial charge is 0.422 e. The summed E-state index contributed by atoms with van der Waals surface area (Å²) in [6.07, 6.45) is 4.55. The molecule has 0 fully saturated rings. The number of terminal acetylenes is 1. The number of hydrogen-bond acceptors (Lipinski definition) is 3. The van der Waals surface area contributed by atoms with Gasteiger partial charge < -0.3 is 4.74 Å². The second-order valence-corrected chi connectivity index (χ2v) is 3.66. The van der Waals surface area contributed by atoms with Crippen molar-refractivity contribution in [1.82, 2.24) is 10.9 Å². The number of ether oxygens (including phenoxy) is 1. The molecule has 4 nitrogen and oxygen atoms in total. The van der Waals surface area contributed by atoms with Crippen LogP contribution in [-0.4, -0.2) is 17.7 Å². The normalized spacial score (nSPS) is 12.8. The molecule has 0 aromatic heterocycles. The molecule has 0 radical (unpaired) electrons. The van der Waals surface area contributed by atoms with E-state index >= 15 is 0 Å². The van der Waals surface area contributed by atoms with Gasteiger partial charge in [0.2, 0.25) is 0 Å². The number of rotatable bonds is 2. The van der Waals surface area contributed by atoms with Gasteiger partial charge in [0.1, 0.15) is 5.60 Å². The minimum Gasteiger partial charge on any atom is -0.443 e. The highest BCUT2D eigenvalue weighted by Gasteiger charge is 2.15. The first-order valence-electron chi connectivity index (χ1n) is 4.06. The van der Waals surface area contributed by atoms with E-state index in [2.05, 4.69) is 16.8 Å². The molecule has 0 aliphatic carbocycles. The highest BCUT2D eigenvalue weighted by molar-refractivity contribution is 5.67. The minimum absolute atomic E-state index is 0.215. The van der Waals surface area contributed by atoms with Gasteiger partial charge in [0.15, 0.2) is 0 Å². The van der Waals surface area contributed by atoms with Crippen molar-refractivity contribution < 1.29 is 9.53 Å². The molecule has 13 heavy (non-hydrogen) atoms. The molecule has 0 saturated heterocycles. The lowest BCUT2D eigenvalue weighted by molar-refractivity contribution is 0.0494. The predicted octanol–water partition coefficient (Wildman–Crippen LogP) is 1.04. The first-order chi connectivity index (χ1) is 5.85. The molecular formula is C9H16N2O2. The number of amides is 1. The third-order valence-electron chi connectivity index (χ3n) is 1.04. The lowest BCUT2D eigenvalue weighted by Gasteiger charge is -2.20. The molecule has 0 heterocycles. The summed E-state index contributed by atoms with van der Waals surface area (Å²) in [5, 5.41) is 0. The van der Waals surface area contributed by atoms with Gasteiger partial charge in [0.25, 0.3) is 0 Å². The Morgan fingerprint density at radius 1 is 1.54 bits per heavy atom. The average molecular weight is 184 g/mol. The number of hydrazine groups is 1. The summed E-state index contributed by atoms with van der Waals surface area (Å²) in [5.74, 6) is 2.40. The number of carbonyl (C=O) groups is 1. The first-order valence-corrected chi connectivity index (χ1v) is 4.06. The highest BCUT2D eigenvalue weighted by Crippen LogP contribution is 2.05. The van der Waals surface area contributed by atoms with Gasteiger partial charge in [-0.15, -0.1) is 6.42 Å². The summed E-state index contributed by atoms with van der Waals surface area (Å²) in [6.45, 7) is 7.11. The predicted molar refractivity (Wildman–Crippen MR) is 50.8 cm³/mol. The molecule has 1 unspecified atom stereocenters. The molecule has 0 aliphatic rings. The zero-order chi connectivity index (χ0) is 10.5. The number of nitrogens with one attached hydrogen (secondary N) is 2. The van der Waals surface area contributed by atoms with Gasteiger partial charge >= 0.3 is 6.09 Å². The summed E-state index contributed by atoms with van der Waals surface area (Å²) in [4.78, 5) is 11.0. The summed E-state index contributed by atoms with van der Waals surface area (Å²) in [6, 6.07) is -0.215. The summed E-state index contributed by atoms with van der Waals surface area (Å²) in [5.41, 5.74) is 4.44. The van der Waals surface area contributed by atoms with Crippen LogP contribution in [0, 0.1) is 12.3 Å². The zero-order valence-corrected chi connectivity index (χ0v) is 8.47. The van der Waals surface area contributed by atoms with Crippen molar-refractivity contribution in [3.63, 3.8) is 0 Å². The molecular weight excluding hydrogens is 168 g/mol. The van der Waals surface area contributed by atoms with Crippen LogP contribution in [0.1, 0.15) is 27.7 Å². The molecule has 0 bridgehead atoms. The van der Waals surface area contributed by atoms with E-state index in [0.29, 0.717) is 0 Å². The maximum absolute atomic E-state index is 11.0. The third-order valence-corrected chi connectivity index (χ3v) is 1.04. The SMILES string of the molecule is C#CC(C)NNC(=O)OC(C)(C)C. The zero-order valence-electron chi connectivity index (χ0n) is 8.47. The summed E-state index contributed by atoms with van der Waals surface area (Å²) < 4.78 is 4.95. The van der Waals surface area contributed by atoms with Gasteiger partial charge in [-0.25, -0.2) is 10.2 Å². The van der Waals surface area contributed by atoms with Crippen LogP contribution < -0.4 is 10.9 Å². The van der Waals surface area contributed by atoms with Crippen molar-refractivity contribution in [2.45, 2.75) is 39.3 Å². The maximum atomic E-state index is 11.0. The van der Waals surface area contributed by atoms with Crippen LogP contribution in [0.15, 0.2) is 0 Å². The van der Waals surface area contributed by atoms with Gasteiger partial charge in [-0.05, 0) is 27.7 Å². The van der Waals surface area contributed by atoms with Crippen molar-refractivity contribution in [2.75, 3.05) is 0 Å². The molecule has 0 aromatic carbocycles. The summed E-state index contributed by atoms with van der Waals surface area (Å²) >= 11 is 0. The Labute approximate surface area is 79.0 Å². The van der Waals surface area contributed by atoms with E-state index in [4.69, 9.17) is 11.2 Å². The third kappa shape index (κ3) is 7.16. The maximum Gasteiger partial charge on any atom is 0.422 e. The van der Waals surface area contributed by atoms with E-state index in [1.807, 2.05) is 0 Å². The van der Waals surface area contributed by atoms with Crippen molar-refractivity contribution in [1.29, 1.82) is 0 Å². The van der Waals surface area contributed by atoms with Gasteiger partial charge in [-0.1, -0.05) is 5.92 Å².